The number of carbonyl (C=O) groups is 1. The lowest BCUT2D eigenvalue weighted by molar-refractivity contribution is -0.247. The molecule has 1 rings (SSSR count). The first kappa shape index (κ1) is 20.1. The van der Waals surface area contributed by atoms with E-state index in [0.29, 0.717) is 0 Å². The van der Waals surface area contributed by atoms with Gasteiger partial charge in [-0.3, -0.25) is 13.9 Å². The van der Waals surface area contributed by atoms with E-state index in [2.05, 4.69) is 8.37 Å². The van der Waals surface area contributed by atoms with Gasteiger partial charge in [-0.15, -0.1) is 0 Å². The smallest absolute Gasteiger partial charge is 0.387 e. The van der Waals surface area contributed by atoms with Gasteiger partial charge >= 0.3 is 20.8 Å². The Labute approximate surface area is 131 Å². The van der Waals surface area contributed by atoms with Crippen molar-refractivity contribution in [3.8, 4) is 0 Å². The number of ether oxygens (including phenoxy) is 1. The molecule has 1 aliphatic rings. The van der Waals surface area contributed by atoms with Crippen molar-refractivity contribution >= 4 is 26.7 Å². The largest absolute Gasteiger partial charge is 0.397 e. The third-order valence-corrected chi connectivity index (χ3v) is 3.58. The molecule has 0 aromatic carbocycles. The van der Waals surface area contributed by atoms with E-state index >= 15 is 0 Å². The minimum atomic E-state index is -5.10. The molecule has 15 heteroatoms. The van der Waals surface area contributed by atoms with Gasteiger partial charge in [-0.05, 0) is 0 Å². The maximum atomic E-state index is 11.1. The summed E-state index contributed by atoms with van der Waals surface area (Å²) in [4.78, 5) is 11.1. The van der Waals surface area contributed by atoms with E-state index < -0.39 is 64.0 Å². The van der Waals surface area contributed by atoms with Crippen molar-refractivity contribution in [1.82, 2.24) is 5.32 Å². The first-order valence-corrected chi connectivity index (χ1v) is 8.59. The van der Waals surface area contributed by atoms with Crippen LogP contribution in [-0.2, 0) is 38.7 Å². The number of aliphatic hydroxyl groups excluding tert-OH is 2. The molecular formula is C8H15NO12S2. The van der Waals surface area contributed by atoms with Crippen LogP contribution in [0, 0.1) is 0 Å². The van der Waals surface area contributed by atoms with Crippen molar-refractivity contribution in [3.05, 3.63) is 0 Å². The van der Waals surface area contributed by atoms with Gasteiger partial charge in [0.2, 0.25) is 5.91 Å². The molecule has 23 heavy (non-hydrogen) atoms. The van der Waals surface area contributed by atoms with Gasteiger partial charge in [-0.25, -0.2) is 8.37 Å². The molecule has 0 aromatic rings. The molecule has 136 valence electrons. The maximum Gasteiger partial charge on any atom is 0.397 e. The van der Waals surface area contributed by atoms with Gasteiger partial charge in [0.15, 0.2) is 6.29 Å². The number of hydrogen-bond donors (Lipinski definition) is 5. The number of aliphatic hydroxyl groups is 2. The third-order valence-electron chi connectivity index (χ3n) is 2.68. The van der Waals surface area contributed by atoms with Crippen molar-refractivity contribution in [2.24, 2.45) is 0 Å². The van der Waals surface area contributed by atoms with E-state index in [1.165, 1.54) is 0 Å². The Kier molecular flexibility index (Phi) is 6.41. The highest BCUT2D eigenvalue weighted by Crippen LogP contribution is 2.24. The molecule has 5 atom stereocenters. The van der Waals surface area contributed by atoms with Crippen LogP contribution in [-0.4, -0.2) is 79.3 Å². The van der Waals surface area contributed by atoms with Crippen LogP contribution in [0.4, 0.5) is 0 Å². The molecule has 0 bridgehead atoms. The lowest BCUT2D eigenvalue weighted by atomic mass is 9.97. The predicted molar refractivity (Wildman–Crippen MR) is 68.4 cm³/mol. The molecule has 0 radical (unpaired) electrons. The summed E-state index contributed by atoms with van der Waals surface area (Å²) in [5.74, 6) is -0.749. The van der Waals surface area contributed by atoms with E-state index in [1.54, 1.807) is 0 Å². The highest BCUT2D eigenvalue weighted by Gasteiger charge is 2.48. The number of hydrogen-bond acceptors (Lipinski definition) is 10. The van der Waals surface area contributed by atoms with Crippen LogP contribution in [0.5, 0.6) is 0 Å². The van der Waals surface area contributed by atoms with Crippen molar-refractivity contribution in [3.63, 3.8) is 0 Å². The van der Waals surface area contributed by atoms with Crippen LogP contribution >= 0.6 is 0 Å². The number of nitrogens with one attached hydrogen (secondary N) is 1. The molecule has 13 nitrogen and oxygen atoms in total. The van der Waals surface area contributed by atoms with Gasteiger partial charge in [0.25, 0.3) is 0 Å². The van der Waals surface area contributed by atoms with Gasteiger partial charge in [-0.2, -0.15) is 16.8 Å². The second-order valence-electron chi connectivity index (χ2n) is 4.48. The highest BCUT2D eigenvalue weighted by molar-refractivity contribution is 7.81. The van der Waals surface area contributed by atoms with Crippen molar-refractivity contribution < 1.29 is 54.1 Å². The predicted octanol–water partition coefficient (Wildman–Crippen LogP) is -3.42. The van der Waals surface area contributed by atoms with E-state index in [0.717, 1.165) is 6.92 Å². The summed E-state index contributed by atoms with van der Waals surface area (Å²) in [5, 5.41) is 21.7. The Morgan fingerprint density at radius 3 is 2.17 bits per heavy atom. The van der Waals surface area contributed by atoms with Crippen LogP contribution in [0.25, 0.3) is 0 Å². The van der Waals surface area contributed by atoms with Crippen molar-refractivity contribution in [2.45, 2.75) is 37.6 Å². The molecule has 1 fully saturated rings. The summed E-state index contributed by atoms with van der Waals surface area (Å²) in [7, 11) is -10.0. The molecule has 0 unspecified atom stereocenters. The SMILES string of the molecule is CC(=O)N[C@@H]1[C@@H](OS(=O)(=O)O)[C@H](O)[C@@H](COS(=O)(=O)O)O[C@H]1O. The van der Waals surface area contributed by atoms with Gasteiger partial charge in [-0.1, -0.05) is 0 Å². The van der Waals surface area contributed by atoms with Gasteiger partial charge in [0, 0.05) is 6.92 Å². The fourth-order valence-corrected chi connectivity index (χ4v) is 2.69. The molecule has 0 saturated carbocycles. The average molecular weight is 381 g/mol. The average Bonchev–Trinajstić information content (AvgIpc) is 2.33. The Balaban J connectivity index is 3.00. The zero-order valence-electron chi connectivity index (χ0n) is 11.5. The molecule has 1 saturated heterocycles. The fourth-order valence-electron chi connectivity index (χ4n) is 1.87. The molecular weight excluding hydrogens is 366 g/mol. The van der Waals surface area contributed by atoms with Gasteiger partial charge in [0.1, 0.15) is 24.4 Å². The van der Waals surface area contributed by atoms with Crippen molar-refractivity contribution in [1.29, 1.82) is 0 Å². The summed E-state index contributed by atoms with van der Waals surface area (Å²) in [6.07, 6.45) is -7.49. The Morgan fingerprint density at radius 1 is 1.17 bits per heavy atom. The lowest BCUT2D eigenvalue weighted by Gasteiger charge is -2.41. The lowest BCUT2D eigenvalue weighted by Crippen LogP contribution is -2.65. The molecule has 1 aliphatic heterocycles. The van der Waals surface area contributed by atoms with Gasteiger partial charge in [0.05, 0.1) is 6.61 Å². The minimum Gasteiger partial charge on any atom is -0.387 e. The summed E-state index contributed by atoms with van der Waals surface area (Å²) >= 11 is 0. The van der Waals surface area contributed by atoms with Gasteiger partial charge < -0.3 is 20.3 Å². The zero-order chi connectivity index (χ0) is 18.0. The van der Waals surface area contributed by atoms with Crippen LogP contribution in [0.3, 0.4) is 0 Å². The summed E-state index contributed by atoms with van der Waals surface area (Å²) in [6, 6.07) is -1.61. The van der Waals surface area contributed by atoms with E-state index in [4.69, 9.17) is 13.8 Å². The quantitative estimate of drug-likeness (QED) is 0.285. The van der Waals surface area contributed by atoms with E-state index in [9.17, 15) is 31.8 Å². The molecule has 1 amide bonds. The molecule has 5 N–H and O–H groups in total. The van der Waals surface area contributed by atoms with Crippen LogP contribution < -0.4 is 5.32 Å². The summed E-state index contributed by atoms with van der Waals surface area (Å²) in [5.41, 5.74) is 0. The molecule has 0 aromatic heterocycles. The minimum absolute atomic E-state index is 0.749. The Bertz CT molecular complexity index is 629. The van der Waals surface area contributed by atoms with E-state index in [1.807, 2.05) is 5.32 Å². The molecule has 0 aliphatic carbocycles. The number of rotatable bonds is 6. The van der Waals surface area contributed by atoms with Crippen LogP contribution in [0.15, 0.2) is 0 Å². The second-order valence-corrected chi connectivity index (χ2v) is 6.62. The first-order valence-electron chi connectivity index (χ1n) is 5.86. The topological polar surface area (TPSA) is 206 Å². The van der Waals surface area contributed by atoms with Crippen molar-refractivity contribution in [2.75, 3.05) is 6.61 Å². The maximum absolute atomic E-state index is 11.1. The Morgan fingerprint density at radius 2 is 1.74 bits per heavy atom. The highest BCUT2D eigenvalue weighted by atomic mass is 32.3. The molecule has 1 heterocycles. The number of amides is 1. The standard InChI is InChI=1S/C8H15NO12S2/c1-3(10)9-5-7(21-23(16,17)18)6(11)4(20-8(5)12)2-19-22(13,14)15/h4-8,11-12H,2H2,1H3,(H,9,10)(H,13,14,15)(H,16,17,18)/t4-,5-,6-,7-,8-/m1/s1. The van der Waals surface area contributed by atoms with Crippen LogP contribution in [0.1, 0.15) is 6.92 Å². The summed E-state index contributed by atoms with van der Waals surface area (Å²) < 4.78 is 72.7. The first-order chi connectivity index (χ1) is 10.3. The second kappa shape index (κ2) is 7.32. The summed E-state index contributed by atoms with van der Waals surface area (Å²) in [6.45, 7) is 0.00628. The monoisotopic (exact) mass is 381 g/mol. The normalized spacial score (nSPS) is 32.5. The number of carbonyl (C=O) groups excluding carboxylic acids is 1. The van der Waals surface area contributed by atoms with E-state index in [-0.39, 0.29) is 0 Å². The zero-order valence-corrected chi connectivity index (χ0v) is 13.1. The van der Waals surface area contributed by atoms with Crippen LogP contribution in [0.2, 0.25) is 0 Å². The molecule has 0 spiro atoms. The fraction of sp³-hybridized carbons (Fsp3) is 0.875. The Hall–Kier alpha value is -0.910. The third kappa shape index (κ3) is 6.61.